The topological polar surface area (TPSA) is 113 Å². The van der Waals surface area contributed by atoms with E-state index in [1.54, 1.807) is 18.2 Å². The number of primary amides is 1. The highest BCUT2D eigenvalue weighted by Crippen LogP contribution is 2.48. The number of carbonyl (C=O) groups is 3. The summed E-state index contributed by atoms with van der Waals surface area (Å²) in [5, 5.41) is 9.00. The predicted octanol–water partition coefficient (Wildman–Crippen LogP) is 2.09. The molecular formula is C20H19BrN4O3. The van der Waals surface area contributed by atoms with Crippen LogP contribution in [0.3, 0.4) is 0 Å². The molecule has 0 aromatic heterocycles. The maximum Gasteiger partial charge on any atom is 0.250 e. The van der Waals surface area contributed by atoms with Gasteiger partial charge in [0.2, 0.25) is 17.7 Å². The van der Waals surface area contributed by atoms with Gasteiger partial charge in [-0.05, 0) is 36.8 Å². The molecule has 5 N–H and O–H groups in total. The summed E-state index contributed by atoms with van der Waals surface area (Å²) < 4.78 is 0.796. The van der Waals surface area contributed by atoms with E-state index < -0.39 is 17.4 Å². The van der Waals surface area contributed by atoms with Gasteiger partial charge >= 0.3 is 0 Å². The number of nitrogens with one attached hydrogen (secondary N) is 3. The predicted molar refractivity (Wildman–Crippen MR) is 108 cm³/mol. The van der Waals surface area contributed by atoms with Crippen molar-refractivity contribution >= 4 is 45.0 Å². The monoisotopic (exact) mass is 442 g/mol. The minimum Gasteiger partial charge on any atom is -0.370 e. The molecule has 28 heavy (non-hydrogen) atoms. The van der Waals surface area contributed by atoms with Crippen molar-refractivity contribution in [2.45, 2.75) is 24.4 Å². The maximum atomic E-state index is 13.2. The highest BCUT2D eigenvalue weighted by Gasteiger charge is 2.60. The summed E-state index contributed by atoms with van der Waals surface area (Å²) in [5.41, 5.74) is 6.10. The molecule has 0 aliphatic carbocycles. The zero-order valence-electron chi connectivity index (χ0n) is 14.9. The van der Waals surface area contributed by atoms with Gasteiger partial charge in [0.05, 0.1) is 5.92 Å². The summed E-state index contributed by atoms with van der Waals surface area (Å²) in [6, 6.07) is 14.1. The minimum atomic E-state index is -1.25. The van der Waals surface area contributed by atoms with Crippen molar-refractivity contribution in [3.63, 3.8) is 0 Å². The molecule has 0 radical (unpaired) electrons. The first kappa shape index (κ1) is 18.6. The van der Waals surface area contributed by atoms with Crippen LogP contribution in [0.15, 0.2) is 53.0 Å². The summed E-state index contributed by atoms with van der Waals surface area (Å²) in [4.78, 5) is 37.7. The number of anilines is 2. The van der Waals surface area contributed by atoms with Crippen LogP contribution in [0.2, 0.25) is 0 Å². The number of hydrogen-bond donors (Lipinski definition) is 4. The van der Waals surface area contributed by atoms with Gasteiger partial charge in [-0.2, -0.15) is 0 Å². The van der Waals surface area contributed by atoms with E-state index >= 15 is 0 Å². The van der Waals surface area contributed by atoms with Crippen LogP contribution in [0, 0.1) is 5.92 Å². The zero-order chi connectivity index (χ0) is 19.9. The van der Waals surface area contributed by atoms with E-state index in [0.717, 1.165) is 4.47 Å². The number of rotatable bonds is 4. The fourth-order valence-electron chi connectivity index (χ4n) is 4.16. The molecule has 7 nitrogen and oxygen atoms in total. The Balaban J connectivity index is 1.75. The SMILES string of the molecule is NC(=O)C[C@H]1C[C@@H](C(=O)Nc2ccccc2)[C@]2(N1)C(=O)Nc1ccc(Br)cc12. The first-order valence-corrected chi connectivity index (χ1v) is 9.73. The lowest BCUT2D eigenvalue weighted by Crippen LogP contribution is -2.52. The molecule has 1 fully saturated rings. The minimum absolute atomic E-state index is 0.0491. The lowest BCUT2D eigenvalue weighted by atomic mass is 9.79. The van der Waals surface area contributed by atoms with Crippen molar-refractivity contribution in [1.82, 2.24) is 5.32 Å². The number of carbonyl (C=O) groups excluding carboxylic acids is 3. The third-order valence-electron chi connectivity index (χ3n) is 5.29. The molecule has 2 aromatic carbocycles. The van der Waals surface area contributed by atoms with E-state index in [0.29, 0.717) is 23.4 Å². The molecule has 0 bridgehead atoms. The molecule has 3 amide bonds. The molecule has 2 aliphatic rings. The lowest BCUT2D eigenvalue weighted by Gasteiger charge is -2.29. The maximum absolute atomic E-state index is 13.2. The lowest BCUT2D eigenvalue weighted by molar-refractivity contribution is -0.130. The Kier molecular flexibility index (Phi) is 4.68. The molecule has 8 heteroatoms. The van der Waals surface area contributed by atoms with E-state index in [2.05, 4.69) is 31.9 Å². The number of para-hydroxylation sites is 1. The van der Waals surface area contributed by atoms with Gasteiger partial charge in [-0.1, -0.05) is 34.1 Å². The number of fused-ring (bicyclic) bond motifs is 2. The van der Waals surface area contributed by atoms with Gasteiger partial charge in [0.25, 0.3) is 0 Å². The van der Waals surface area contributed by atoms with E-state index in [4.69, 9.17) is 5.73 Å². The summed E-state index contributed by atoms with van der Waals surface area (Å²) in [7, 11) is 0. The molecule has 0 unspecified atom stereocenters. The molecular weight excluding hydrogens is 424 g/mol. The molecule has 3 atom stereocenters. The Hall–Kier alpha value is -2.71. The van der Waals surface area contributed by atoms with Crippen LogP contribution in [0.1, 0.15) is 18.4 Å². The molecule has 0 saturated carbocycles. The van der Waals surface area contributed by atoms with Gasteiger partial charge < -0.3 is 16.4 Å². The van der Waals surface area contributed by atoms with Crippen LogP contribution in [-0.2, 0) is 19.9 Å². The Morgan fingerprint density at radius 3 is 2.68 bits per heavy atom. The largest absolute Gasteiger partial charge is 0.370 e. The normalized spacial score (nSPS) is 25.4. The average molecular weight is 443 g/mol. The van der Waals surface area contributed by atoms with Crippen molar-refractivity contribution in [1.29, 1.82) is 0 Å². The first-order chi connectivity index (χ1) is 13.4. The number of benzene rings is 2. The van der Waals surface area contributed by atoms with E-state index in [9.17, 15) is 14.4 Å². The Bertz CT molecular complexity index is 965. The van der Waals surface area contributed by atoms with Crippen LogP contribution in [0.4, 0.5) is 11.4 Å². The van der Waals surface area contributed by atoms with Crippen LogP contribution < -0.4 is 21.7 Å². The molecule has 1 spiro atoms. The van der Waals surface area contributed by atoms with Crippen LogP contribution in [-0.4, -0.2) is 23.8 Å². The van der Waals surface area contributed by atoms with Gasteiger partial charge in [0.15, 0.2) is 0 Å². The second-order valence-electron chi connectivity index (χ2n) is 7.11. The zero-order valence-corrected chi connectivity index (χ0v) is 16.5. The second-order valence-corrected chi connectivity index (χ2v) is 8.02. The van der Waals surface area contributed by atoms with Crippen LogP contribution >= 0.6 is 15.9 Å². The smallest absolute Gasteiger partial charge is 0.250 e. The number of hydrogen-bond acceptors (Lipinski definition) is 4. The van der Waals surface area contributed by atoms with E-state index in [-0.39, 0.29) is 24.3 Å². The molecule has 2 aliphatic heterocycles. The number of nitrogens with two attached hydrogens (primary N) is 1. The van der Waals surface area contributed by atoms with Gasteiger partial charge in [-0.3, -0.25) is 19.7 Å². The fraction of sp³-hybridized carbons (Fsp3) is 0.250. The molecule has 2 heterocycles. The third kappa shape index (κ3) is 3.08. The van der Waals surface area contributed by atoms with Crippen LogP contribution in [0.5, 0.6) is 0 Å². The van der Waals surface area contributed by atoms with Gasteiger partial charge in [0, 0.05) is 33.9 Å². The standard InChI is InChI=1S/C20H19BrN4O3/c21-11-6-7-16-14(8-11)20(19(28)24-16)15(9-13(25-20)10-17(22)26)18(27)23-12-4-2-1-3-5-12/h1-8,13,15,25H,9-10H2,(H2,22,26)(H,23,27)(H,24,28)/t13-,15+,20+/m1/s1. The number of halogens is 1. The summed E-state index contributed by atoms with van der Waals surface area (Å²) >= 11 is 3.44. The Labute approximate surface area is 170 Å². The quantitative estimate of drug-likeness (QED) is 0.580. The molecule has 4 rings (SSSR count). The summed E-state index contributed by atoms with van der Waals surface area (Å²) in [6.45, 7) is 0. The van der Waals surface area contributed by atoms with Crippen LogP contribution in [0.25, 0.3) is 0 Å². The molecule has 144 valence electrons. The third-order valence-corrected chi connectivity index (χ3v) is 5.79. The van der Waals surface area contributed by atoms with Crippen molar-refractivity contribution in [3.05, 3.63) is 58.6 Å². The van der Waals surface area contributed by atoms with Gasteiger partial charge in [-0.25, -0.2) is 0 Å². The summed E-state index contributed by atoms with van der Waals surface area (Å²) in [6.07, 6.45) is 0.370. The van der Waals surface area contributed by atoms with Crippen molar-refractivity contribution in [2.75, 3.05) is 10.6 Å². The van der Waals surface area contributed by atoms with Gasteiger partial charge in [-0.15, -0.1) is 0 Å². The van der Waals surface area contributed by atoms with Crippen molar-refractivity contribution < 1.29 is 14.4 Å². The highest BCUT2D eigenvalue weighted by atomic mass is 79.9. The van der Waals surface area contributed by atoms with Crippen molar-refractivity contribution in [2.24, 2.45) is 11.7 Å². The highest BCUT2D eigenvalue weighted by molar-refractivity contribution is 9.10. The van der Waals surface area contributed by atoms with Crippen molar-refractivity contribution in [3.8, 4) is 0 Å². The van der Waals surface area contributed by atoms with Gasteiger partial charge in [0.1, 0.15) is 5.54 Å². The fourth-order valence-corrected chi connectivity index (χ4v) is 4.52. The van der Waals surface area contributed by atoms with E-state index in [1.807, 2.05) is 30.3 Å². The first-order valence-electron chi connectivity index (χ1n) is 8.93. The second kappa shape index (κ2) is 7.03. The molecule has 1 saturated heterocycles. The average Bonchev–Trinajstić information content (AvgIpc) is 3.15. The number of amides is 3. The Morgan fingerprint density at radius 2 is 1.96 bits per heavy atom. The Morgan fingerprint density at radius 1 is 1.21 bits per heavy atom. The van der Waals surface area contributed by atoms with E-state index in [1.165, 1.54) is 0 Å². The molecule has 2 aromatic rings. The summed E-state index contributed by atoms with van der Waals surface area (Å²) in [5.74, 6) is -1.77.